The van der Waals surface area contributed by atoms with Crippen molar-refractivity contribution in [2.45, 2.75) is 25.3 Å². The highest BCUT2D eigenvalue weighted by Crippen LogP contribution is 2.38. The van der Waals surface area contributed by atoms with Gasteiger partial charge in [0.05, 0.1) is 30.8 Å². The molecular formula is C23H19Cl2N3O4. The molecule has 0 fully saturated rings. The molecule has 0 spiro atoms. The number of fused-ring (bicyclic) bond motifs is 1. The summed E-state index contributed by atoms with van der Waals surface area (Å²) in [6.07, 6.45) is -0.102. The highest BCUT2D eigenvalue weighted by atomic mass is 35.5. The molecular weight excluding hydrogens is 453 g/mol. The number of carbonyl (C=O) groups excluding carboxylic acids is 1. The summed E-state index contributed by atoms with van der Waals surface area (Å²) < 4.78 is 5.25. The zero-order chi connectivity index (χ0) is 22.8. The van der Waals surface area contributed by atoms with Crippen molar-refractivity contribution in [1.29, 1.82) is 0 Å². The van der Waals surface area contributed by atoms with Gasteiger partial charge in [0.15, 0.2) is 0 Å². The van der Waals surface area contributed by atoms with Crippen molar-refractivity contribution in [2.75, 3.05) is 7.11 Å². The van der Waals surface area contributed by atoms with Crippen LogP contribution in [0.25, 0.3) is 10.9 Å². The van der Waals surface area contributed by atoms with E-state index in [1.54, 1.807) is 19.2 Å². The molecule has 1 aliphatic rings. The minimum absolute atomic E-state index is 0.180. The number of carboxylic acid groups (broad SMARTS) is 1. The Labute approximate surface area is 194 Å². The smallest absolute Gasteiger partial charge is 0.303 e. The van der Waals surface area contributed by atoms with E-state index in [1.807, 2.05) is 36.4 Å². The number of methoxy groups -OCH3 is 1. The second kappa shape index (κ2) is 9.14. The summed E-state index contributed by atoms with van der Waals surface area (Å²) in [6.45, 7) is 0. The van der Waals surface area contributed by atoms with Gasteiger partial charge in [-0.3, -0.25) is 9.59 Å². The van der Waals surface area contributed by atoms with Gasteiger partial charge in [0.2, 0.25) is 5.91 Å². The topological polar surface area (TPSA) is 92.1 Å². The predicted octanol–water partition coefficient (Wildman–Crippen LogP) is 5.09. The molecule has 4 rings (SSSR count). The van der Waals surface area contributed by atoms with Gasteiger partial charge in [-0.15, -0.1) is 0 Å². The molecule has 2 heterocycles. The summed E-state index contributed by atoms with van der Waals surface area (Å²) in [7, 11) is 1.57. The van der Waals surface area contributed by atoms with E-state index in [1.165, 1.54) is 5.01 Å². The standard InChI is InChI=1S/C23H19Cl2N3O4/c1-32-14-7-6-13-10-16(23(25)26-18(13)11-14)20-12-19(15-4-2-3-5-17(15)24)27-28(20)21(29)8-9-22(30)31/h2-7,10-11,20H,8-9,12H2,1H3,(H,30,31)/t20-/m0/s1. The quantitative estimate of drug-likeness (QED) is 0.505. The molecule has 2 aromatic carbocycles. The molecule has 1 atom stereocenters. The molecule has 7 nitrogen and oxygen atoms in total. The first-order valence-corrected chi connectivity index (χ1v) is 10.6. The van der Waals surface area contributed by atoms with Gasteiger partial charge >= 0.3 is 5.97 Å². The molecule has 0 bridgehead atoms. The molecule has 164 valence electrons. The van der Waals surface area contributed by atoms with E-state index in [2.05, 4.69) is 10.1 Å². The molecule has 0 radical (unpaired) electrons. The Balaban J connectivity index is 1.75. The Morgan fingerprint density at radius 1 is 1.16 bits per heavy atom. The van der Waals surface area contributed by atoms with Gasteiger partial charge in [-0.05, 0) is 24.3 Å². The number of hydrogen-bond donors (Lipinski definition) is 1. The first kappa shape index (κ1) is 22.0. The van der Waals surface area contributed by atoms with Crippen molar-refractivity contribution in [3.05, 3.63) is 69.8 Å². The predicted molar refractivity (Wildman–Crippen MR) is 122 cm³/mol. The van der Waals surface area contributed by atoms with Gasteiger partial charge < -0.3 is 9.84 Å². The monoisotopic (exact) mass is 471 g/mol. The summed E-state index contributed by atoms with van der Waals surface area (Å²) in [5.41, 5.74) is 2.61. The number of hydrogen-bond acceptors (Lipinski definition) is 5. The highest BCUT2D eigenvalue weighted by molar-refractivity contribution is 6.34. The van der Waals surface area contributed by atoms with Crippen LogP contribution in [0.4, 0.5) is 0 Å². The number of aromatic nitrogens is 1. The highest BCUT2D eigenvalue weighted by Gasteiger charge is 2.35. The van der Waals surface area contributed by atoms with Gasteiger partial charge in [-0.25, -0.2) is 9.99 Å². The van der Waals surface area contributed by atoms with E-state index in [0.717, 1.165) is 5.39 Å². The normalized spacial score (nSPS) is 15.7. The number of hydrazone groups is 1. The second-order valence-corrected chi connectivity index (χ2v) is 8.07. The molecule has 1 N–H and O–H groups in total. The van der Waals surface area contributed by atoms with E-state index in [-0.39, 0.29) is 18.0 Å². The number of carbonyl (C=O) groups is 2. The van der Waals surface area contributed by atoms with Crippen LogP contribution in [0.3, 0.4) is 0 Å². The number of pyridine rings is 1. The third kappa shape index (κ3) is 4.40. The van der Waals surface area contributed by atoms with Crippen LogP contribution < -0.4 is 4.74 Å². The summed E-state index contributed by atoms with van der Waals surface area (Å²) >= 11 is 12.9. The fraction of sp³-hybridized carbons (Fsp3) is 0.217. The fourth-order valence-electron chi connectivity index (χ4n) is 3.67. The van der Waals surface area contributed by atoms with Crippen molar-refractivity contribution in [3.8, 4) is 5.75 Å². The Hall–Kier alpha value is -3.16. The van der Waals surface area contributed by atoms with E-state index in [0.29, 0.717) is 39.5 Å². The maximum atomic E-state index is 12.9. The number of ether oxygens (including phenoxy) is 1. The van der Waals surface area contributed by atoms with Crippen LogP contribution in [-0.4, -0.2) is 39.8 Å². The fourth-order valence-corrected chi connectivity index (χ4v) is 4.19. The van der Waals surface area contributed by atoms with Crippen molar-refractivity contribution < 1.29 is 19.4 Å². The van der Waals surface area contributed by atoms with Crippen LogP contribution in [0.15, 0.2) is 53.6 Å². The first-order chi connectivity index (χ1) is 15.4. The molecule has 1 aliphatic heterocycles. The SMILES string of the molecule is COc1ccc2cc([C@@H]3CC(c4ccccc4Cl)=NN3C(=O)CCC(=O)O)c(Cl)nc2c1. The Bertz CT molecular complexity index is 1250. The number of aliphatic carboxylic acids is 1. The van der Waals surface area contributed by atoms with Crippen LogP contribution in [0, 0.1) is 0 Å². The number of rotatable bonds is 6. The summed E-state index contributed by atoms with van der Waals surface area (Å²) in [5, 5.41) is 16.4. The van der Waals surface area contributed by atoms with E-state index >= 15 is 0 Å². The lowest BCUT2D eigenvalue weighted by Crippen LogP contribution is -2.27. The van der Waals surface area contributed by atoms with Crippen molar-refractivity contribution >= 4 is 51.7 Å². The Morgan fingerprint density at radius 3 is 2.66 bits per heavy atom. The van der Waals surface area contributed by atoms with E-state index in [9.17, 15) is 9.59 Å². The first-order valence-electron chi connectivity index (χ1n) is 9.88. The molecule has 32 heavy (non-hydrogen) atoms. The van der Waals surface area contributed by atoms with Crippen molar-refractivity contribution in [2.24, 2.45) is 5.10 Å². The average molecular weight is 472 g/mol. The summed E-state index contributed by atoms with van der Waals surface area (Å²) in [6, 6.07) is 14.0. The minimum Gasteiger partial charge on any atom is -0.497 e. The maximum absolute atomic E-state index is 12.9. The van der Waals surface area contributed by atoms with Gasteiger partial charge in [-0.2, -0.15) is 5.10 Å². The van der Waals surface area contributed by atoms with E-state index < -0.39 is 17.9 Å². The maximum Gasteiger partial charge on any atom is 0.303 e. The van der Waals surface area contributed by atoms with Crippen molar-refractivity contribution in [1.82, 2.24) is 9.99 Å². The van der Waals surface area contributed by atoms with Crippen LogP contribution >= 0.6 is 23.2 Å². The molecule has 1 amide bonds. The zero-order valence-corrected chi connectivity index (χ0v) is 18.6. The number of nitrogens with zero attached hydrogens (tertiary/aromatic N) is 3. The van der Waals surface area contributed by atoms with E-state index in [4.69, 9.17) is 33.0 Å². The molecule has 0 saturated heterocycles. The molecule has 1 aromatic heterocycles. The Kier molecular flexibility index (Phi) is 6.30. The lowest BCUT2D eigenvalue weighted by atomic mass is 9.98. The summed E-state index contributed by atoms with van der Waals surface area (Å²) in [4.78, 5) is 28.4. The van der Waals surface area contributed by atoms with Gasteiger partial charge in [0.1, 0.15) is 10.9 Å². The van der Waals surface area contributed by atoms with Crippen LogP contribution in [0.2, 0.25) is 10.2 Å². The molecule has 0 saturated carbocycles. The minimum atomic E-state index is -1.05. The number of amides is 1. The molecule has 0 unspecified atom stereocenters. The largest absolute Gasteiger partial charge is 0.497 e. The van der Waals surface area contributed by atoms with Crippen molar-refractivity contribution in [3.63, 3.8) is 0 Å². The number of benzene rings is 2. The van der Waals surface area contributed by atoms with Crippen LogP contribution in [0.1, 0.15) is 36.4 Å². The summed E-state index contributed by atoms with van der Waals surface area (Å²) in [5.74, 6) is -0.807. The third-order valence-corrected chi connectivity index (χ3v) is 5.90. The third-order valence-electron chi connectivity index (χ3n) is 5.27. The lowest BCUT2D eigenvalue weighted by Gasteiger charge is -2.23. The molecule has 9 heteroatoms. The molecule has 0 aliphatic carbocycles. The second-order valence-electron chi connectivity index (χ2n) is 7.31. The van der Waals surface area contributed by atoms with Gasteiger partial charge in [0, 0.05) is 40.4 Å². The van der Waals surface area contributed by atoms with Crippen LogP contribution in [0.5, 0.6) is 5.75 Å². The average Bonchev–Trinajstić information content (AvgIpc) is 3.21. The lowest BCUT2D eigenvalue weighted by molar-refractivity contribution is -0.141. The van der Waals surface area contributed by atoms with Gasteiger partial charge in [-0.1, -0.05) is 41.4 Å². The zero-order valence-electron chi connectivity index (χ0n) is 17.1. The Morgan fingerprint density at radius 2 is 1.94 bits per heavy atom. The van der Waals surface area contributed by atoms with Crippen LogP contribution in [-0.2, 0) is 9.59 Å². The number of carboxylic acids is 1. The molecule has 3 aromatic rings. The van der Waals surface area contributed by atoms with Gasteiger partial charge in [0.25, 0.3) is 0 Å². The number of halogens is 2.